The maximum Gasteiger partial charge on any atom is 0.233 e. The third-order valence-electron chi connectivity index (χ3n) is 3.39. The van der Waals surface area contributed by atoms with Crippen LogP contribution in [0.5, 0.6) is 5.88 Å². The average Bonchev–Trinajstić information content (AvgIpc) is 2.56. The standard InChI is InChI=1S/C14H17N5O/c1-20-14-11-15-10-13(17-14)19-8-6-18(7-9-19)12-4-2-3-5-16-12/h2-5,10-11H,6-9H2,1H3. The van der Waals surface area contributed by atoms with Gasteiger partial charge in [-0.3, -0.25) is 4.98 Å². The molecule has 2 aromatic rings. The van der Waals surface area contributed by atoms with E-state index in [2.05, 4.69) is 24.8 Å². The number of hydrogen-bond acceptors (Lipinski definition) is 6. The van der Waals surface area contributed by atoms with Crippen molar-refractivity contribution in [2.24, 2.45) is 0 Å². The summed E-state index contributed by atoms with van der Waals surface area (Å²) in [6.45, 7) is 3.66. The van der Waals surface area contributed by atoms with Gasteiger partial charge in [-0.15, -0.1) is 0 Å². The Labute approximate surface area is 118 Å². The van der Waals surface area contributed by atoms with E-state index >= 15 is 0 Å². The van der Waals surface area contributed by atoms with Crippen LogP contribution in [0.15, 0.2) is 36.8 Å². The third-order valence-corrected chi connectivity index (χ3v) is 3.39. The lowest BCUT2D eigenvalue weighted by atomic mass is 10.3. The molecule has 0 atom stereocenters. The number of ether oxygens (including phenoxy) is 1. The number of aromatic nitrogens is 3. The molecule has 6 heteroatoms. The highest BCUT2D eigenvalue weighted by atomic mass is 16.5. The van der Waals surface area contributed by atoms with E-state index in [0.29, 0.717) is 5.88 Å². The van der Waals surface area contributed by atoms with Crippen LogP contribution in [0.25, 0.3) is 0 Å². The van der Waals surface area contributed by atoms with Crippen LogP contribution >= 0.6 is 0 Å². The summed E-state index contributed by atoms with van der Waals surface area (Å²) in [5.74, 6) is 2.45. The smallest absolute Gasteiger partial charge is 0.233 e. The van der Waals surface area contributed by atoms with E-state index in [-0.39, 0.29) is 0 Å². The van der Waals surface area contributed by atoms with Crippen molar-refractivity contribution in [2.75, 3.05) is 43.1 Å². The number of pyridine rings is 1. The minimum Gasteiger partial charge on any atom is -0.480 e. The van der Waals surface area contributed by atoms with E-state index in [4.69, 9.17) is 4.74 Å². The minimum atomic E-state index is 0.551. The van der Waals surface area contributed by atoms with Crippen molar-refractivity contribution >= 4 is 11.6 Å². The molecule has 0 aromatic carbocycles. The molecule has 3 rings (SSSR count). The quantitative estimate of drug-likeness (QED) is 0.836. The summed E-state index contributed by atoms with van der Waals surface area (Å²) in [6, 6.07) is 5.99. The Balaban J connectivity index is 1.66. The van der Waals surface area contributed by atoms with Gasteiger partial charge in [-0.1, -0.05) is 6.07 Å². The van der Waals surface area contributed by atoms with Crippen LogP contribution in [-0.2, 0) is 0 Å². The van der Waals surface area contributed by atoms with Crippen molar-refractivity contribution in [3.63, 3.8) is 0 Å². The highest BCUT2D eigenvalue weighted by Crippen LogP contribution is 2.18. The molecule has 104 valence electrons. The third kappa shape index (κ3) is 2.64. The molecule has 3 heterocycles. The molecular weight excluding hydrogens is 254 g/mol. The average molecular weight is 271 g/mol. The van der Waals surface area contributed by atoms with Crippen LogP contribution in [0.2, 0.25) is 0 Å². The van der Waals surface area contributed by atoms with Crippen molar-refractivity contribution in [1.29, 1.82) is 0 Å². The van der Waals surface area contributed by atoms with E-state index in [1.165, 1.54) is 0 Å². The minimum absolute atomic E-state index is 0.551. The summed E-state index contributed by atoms with van der Waals surface area (Å²) in [7, 11) is 1.60. The Kier molecular flexibility index (Phi) is 3.62. The lowest BCUT2D eigenvalue weighted by Gasteiger charge is -2.35. The number of methoxy groups -OCH3 is 1. The number of piperazine rings is 1. The van der Waals surface area contributed by atoms with Gasteiger partial charge < -0.3 is 14.5 Å². The summed E-state index contributed by atoms with van der Waals surface area (Å²) in [5.41, 5.74) is 0. The molecule has 0 amide bonds. The van der Waals surface area contributed by atoms with Gasteiger partial charge in [0.1, 0.15) is 5.82 Å². The second kappa shape index (κ2) is 5.73. The van der Waals surface area contributed by atoms with Crippen LogP contribution < -0.4 is 14.5 Å². The molecular formula is C14H17N5O. The highest BCUT2D eigenvalue weighted by molar-refractivity contribution is 5.44. The summed E-state index contributed by atoms with van der Waals surface area (Å²) in [5, 5.41) is 0. The van der Waals surface area contributed by atoms with Crippen molar-refractivity contribution < 1.29 is 4.74 Å². The Morgan fingerprint density at radius 1 is 1.00 bits per heavy atom. The van der Waals surface area contributed by atoms with Gasteiger partial charge in [-0.25, -0.2) is 4.98 Å². The highest BCUT2D eigenvalue weighted by Gasteiger charge is 2.19. The zero-order valence-electron chi connectivity index (χ0n) is 11.4. The van der Waals surface area contributed by atoms with Crippen LogP contribution in [0.3, 0.4) is 0 Å². The summed E-state index contributed by atoms with van der Waals surface area (Å²) in [4.78, 5) is 17.5. The van der Waals surface area contributed by atoms with Crippen LogP contribution in [-0.4, -0.2) is 48.2 Å². The summed E-state index contributed by atoms with van der Waals surface area (Å²) in [6.07, 6.45) is 5.22. The Bertz CT molecular complexity index is 555. The van der Waals surface area contributed by atoms with Gasteiger partial charge in [-0.05, 0) is 12.1 Å². The largest absolute Gasteiger partial charge is 0.480 e. The van der Waals surface area contributed by atoms with E-state index in [9.17, 15) is 0 Å². The van der Waals surface area contributed by atoms with Gasteiger partial charge in [0.2, 0.25) is 5.88 Å². The molecule has 6 nitrogen and oxygen atoms in total. The number of hydrogen-bond donors (Lipinski definition) is 0. The Morgan fingerprint density at radius 3 is 2.40 bits per heavy atom. The molecule has 0 N–H and O–H groups in total. The predicted octanol–water partition coefficient (Wildman–Crippen LogP) is 1.21. The normalized spacial score (nSPS) is 15.2. The van der Waals surface area contributed by atoms with Gasteiger partial charge in [-0.2, -0.15) is 4.98 Å². The first kappa shape index (κ1) is 12.7. The van der Waals surface area contributed by atoms with Gasteiger partial charge >= 0.3 is 0 Å². The van der Waals surface area contributed by atoms with Gasteiger partial charge in [0.15, 0.2) is 5.82 Å². The van der Waals surface area contributed by atoms with Crippen molar-refractivity contribution in [3.8, 4) is 5.88 Å². The second-order valence-corrected chi connectivity index (χ2v) is 4.58. The number of nitrogens with zero attached hydrogens (tertiary/aromatic N) is 5. The zero-order chi connectivity index (χ0) is 13.8. The first-order chi connectivity index (χ1) is 9.86. The fourth-order valence-corrected chi connectivity index (χ4v) is 2.29. The van der Waals surface area contributed by atoms with Crippen LogP contribution in [0.1, 0.15) is 0 Å². The maximum absolute atomic E-state index is 5.12. The van der Waals surface area contributed by atoms with Crippen molar-refractivity contribution in [3.05, 3.63) is 36.8 Å². The van der Waals surface area contributed by atoms with E-state index < -0.39 is 0 Å². The molecule has 0 saturated carbocycles. The van der Waals surface area contributed by atoms with E-state index in [1.807, 2.05) is 24.4 Å². The fourth-order valence-electron chi connectivity index (χ4n) is 2.29. The lowest BCUT2D eigenvalue weighted by Crippen LogP contribution is -2.47. The molecule has 0 aliphatic carbocycles. The van der Waals surface area contributed by atoms with Gasteiger partial charge in [0.05, 0.1) is 19.5 Å². The predicted molar refractivity (Wildman–Crippen MR) is 77.2 cm³/mol. The fraction of sp³-hybridized carbons (Fsp3) is 0.357. The second-order valence-electron chi connectivity index (χ2n) is 4.58. The first-order valence-electron chi connectivity index (χ1n) is 6.64. The SMILES string of the molecule is COc1cncc(N2CCN(c3ccccn3)CC2)n1. The molecule has 0 bridgehead atoms. The van der Waals surface area contributed by atoms with Crippen molar-refractivity contribution in [2.45, 2.75) is 0 Å². The molecule has 1 saturated heterocycles. The lowest BCUT2D eigenvalue weighted by molar-refractivity contribution is 0.395. The van der Waals surface area contributed by atoms with Gasteiger partial charge in [0.25, 0.3) is 0 Å². The molecule has 0 radical (unpaired) electrons. The number of rotatable bonds is 3. The molecule has 20 heavy (non-hydrogen) atoms. The monoisotopic (exact) mass is 271 g/mol. The van der Waals surface area contributed by atoms with E-state index in [1.54, 1.807) is 19.5 Å². The van der Waals surface area contributed by atoms with Gasteiger partial charge in [0, 0.05) is 32.4 Å². The molecule has 0 unspecified atom stereocenters. The zero-order valence-corrected chi connectivity index (χ0v) is 11.4. The maximum atomic E-state index is 5.12. The molecule has 1 fully saturated rings. The molecule has 0 spiro atoms. The van der Waals surface area contributed by atoms with Crippen LogP contribution in [0.4, 0.5) is 11.6 Å². The Hall–Kier alpha value is -2.37. The van der Waals surface area contributed by atoms with E-state index in [0.717, 1.165) is 37.8 Å². The molecule has 2 aromatic heterocycles. The summed E-state index contributed by atoms with van der Waals surface area (Å²) < 4.78 is 5.12. The molecule has 1 aliphatic heterocycles. The van der Waals surface area contributed by atoms with Crippen LogP contribution in [0, 0.1) is 0 Å². The molecule has 1 aliphatic rings. The summed E-state index contributed by atoms with van der Waals surface area (Å²) >= 11 is 0. The van der Waals surface area contributed by atoms with Crippen molar-refractivity contribution in [1.82, 2.24) is 15.0 Å². The first-order valence-corrected chi connectivity index (χ1v) is 6.64. The topological polar surface area (TPSA) is 54.4 Å². The number of anilines is 2. The Morgan fingerprint density at radius 2 is 1.75 bits per heavy atom.